The average Bonchev–Trinajstić information content (AvgIpc) is 2.75. The van der Waals surface area contributed by atoms with E-state index in [0.717, 1.165) is 22.5 Å². The highest BCUT2D eigenvalue weighted by molar-refractivity contribution is 5.66. The molecule has 5 heteroatoms. The number of azo groups is 1. The predicted molar refractivity (Wildman–Crippen MR) is 60.1 cm³/mol. The third kappa shape index (κ3) is 1.42. The number of benzene rings is 1. The fourth-order valence-electron chi connectivity index (χ4n) is 1.67. The van der Waals surface area contributed by atoms with E-state index in [1.54, 1.807) is 6.20 Å². The van der Waals surface area contributed by atoms with Crippen LogP contribution in [0.4, 0.5) is 11.6 Å². The molecule has 1 aliphatic heterocycles. The first-order chi connectivity index (χ1) is 7.83. The number of nitrogens with two attached hydrogens (primary N) is 1. The van der Waals surface area contributed by atoms with Crippen LogP contribution < -0.4 is 5.73 Å². The maximum Gasteiger partial charge on any atom is 0.220 e. The molecule has 3 rings (SSSR count). The van der Waals surface area contributed by atoms with E-state index in [2.05, 4.69) is 20.2 Å². The molecule has 0 atom stereocenters. The first-order valence-electron chi connectivity index (χ1n) is 4.92. The van der Waals surface area contributed by atoms with E-state index < -0.39 is 0 Å². The minimum atomic E-state index is 0.277. The molecule has 0 amide bonds. The van der Waals surface area contributed by atoms with Crippen LogP contribution in [0.5, 0.6) is 0 Å². The van der Waals surface area contributed by atoms with Crippen molar-refractivity contribution >= 4 is 11.6 Å². The van der Waals surface area contributed by atoms with Gasteiger partial charge in [-0.3, -0.25) is 0 Å². The van der Waals surface area contributed by atoms with Gasteiger partial charge in [0.2, 0.25) is 5.95 Å². The Hall–Kier alpha value is -2.30. The van der Waals surface area contributed by atoms with Crippen LogP contribution in [0.1, 0.15) is 5.56 Å². The van der Waals surface area contributed by atoms with Crippen molar-refractivity contribution in [1.82, 2.24) is 9.97 Å². The summed E-state index contributed by atoms with van der Waals surface area (Å²) in [6, 6.07) is 7.80. The molecule has 0 radical (unpaired) electrons. The van der Waals surface area contributed by atoms with Crippen LogP contribution in [0.3, 0.4) is 0 Å². The van der Waals surface area contributed by atoms with Crippen LogP contribution in [0.25, 0.3) is 11.3 Å². The molecule has 2 heterocycles. The van der Waals surface area contributed by atoms with Crippen molar-refractivity contribution in [3.8, 4) is 11.3 Å². The maximum absolute atomic E-state index is 5.54. The van der Waals surface area contributed by atoms with Gasteiger partial charge >= 0.3 is 0 Å². The van der Waals surface area contributed by atoms with Crippen LogP contribution in [0.15, 0.2) is 40.7 Å². The number of fused-ring (bicyclic) bond motifs is 1. The van der Waals surface area contributed by atoms with E-state index >= 15 is 0 Å². The van der Waals surface area contributed by atoms with E-state index in [0.29, 0.717) is 6.54 Å². The second-order valence-electron chi connectivity index (χ2n) is 3.54. The zero-order chi connectivity index (χ0) is 11.0. The Bertz CT molecular complexity index is 576. The van der Waals surface area contributed by atoms with Crippen molar-refractivity contribution in [3.05, 3.63) is 36.0 Å². The van der Waals surface area contributed by atoms with Crippen molar-refractivity contribution in [1.29, 1.82) is 0 Å². The highest BCUT2D eigenvalue weighted by atomic mass is 15.1. The lowest BCUT2D eigenvalue weighted by Gasteiger charge is -2.02. The Labute approximate surface area is 92.1 Å². The van der Waals surface area contributed by atoms with Gasteiger partial charge in [0.1, 0.15) is 0 Å². The van der Waals surface area contributed by atoms with Crippen LogP contribution in [0, 0.1) is 0 Å². The molecule has 0 unspecified atom stereocenters. The smallest absolute Gasteiger partial charge is 0.220 e. The normalized spacial score (nSPS) is 12.8. The minimum Gasteiger partial charge on any atom is -0.368 e. The van der Waals surface area contributed by atoms with E-state index in [1.165, 1.54) is 0 Å². The Balaban J connectivity index is 2.10. The summed E-state index contributed by atoms with van der Waals surface area (Å²) in [6.07, 6.45) is 1.65. The van der Waals surface area contributed by atoms with E-state index in [9.17, 15) is 0 Å². The van der Waals surface area contributed by atoms with Gasteiger partial charge < -0.3 is 5.73 Å². The number of anilines is 1. The quantitative estimate of drug-likeness (QED) is 0.786. The molecule has 0 aliphatic carbocycles. The highest BCUT2D eigenvalue weighted by Gasteiger charge is 2.09. The number of aromatic nitrogens is 2. The number of nitrogen functional groups attached to an aromatic ring is 1. The topological polar surface area (TPSA) is 76.5 Å². The third-order valence-electron chi connectivity index (χ3n) is 2.47. The molecule has 1 aromatic heterocycles. The molecule has 0 saturated carbocycles. The lowest BCUT2D eigenvalue weighted by Crippen LogP contribution is -1.95. The number of rotatable bonds is 1. The monoisotopic (exact) mass is 211 g/mol. The zero-order valence-electron chi connectivity index (χ0n) is 8.46. The van der Waals surface area contributed by atoms with Crippen molar-refractivity contribution in [2.45, 2.75) is 6.54 Å². The summed E-state index contributed by atoms with van der Waals surface area (Å²) in [4.78, 5) is 8.03. The molecule has 78 valence electrons. The van der Waals surface area contributed by atoms with Gasteiger partial charge in [-0.05, 0) is 12.1 Å². The van der Waals surface area contributed by atoms with Gasteiger partial charge in [-0.1, -0.05) is 12.1 Å². The van der Waals surface area contributed by atoms with Gasteiger partial charge in [0, 0.05) is 17.3 Å². The van der Waals surface area contributed by atoms with Gasteiger partial charge in [0.15, 0.2) is 0 Å². The average molecular weight is 211 g/mol. The molecule has 2 N–H and O–H groups in total. The number of nitrogens with zero attached hydrogens (tertiary/aromatic N) is 4. The van der Waals surface area contributed by atoms with Gasteiger partial charge in [0.25, 0.3) is 0 Å². The molecule has 2 aromatic rings. The second kappa shape index (κ2) is 3.37. The molecule has 0 saturated heterocycles. The van der Waals surface area contributed by atoms with Gasteiger partial charge in [-0.2, -0.15) is 10.2 Å². The summed E-state index contributed by atoms with van der Waals surface area (Å²) in [5, 5.41) is 8.03. The Morgan fingerprint density at radius 3 is 3.00 bits per heavy atom. The van der Waals surface area contributed by atoms with Crippen LogP contribution in [-0.2, 0) is 6.54 Å². The SMILES string of the molecule is Nc1nccc(-c2ccc3c(c2)N=NC3)n1. The fraction of sp³-hybridized carbons (Fsp3) is 0.0909. The van der Waals surface area contributed by atoms with E-state index in [4.69, 9.17) is 5.73 Å². The first kappa shape index (κ1) is 8.96. The minimum absolute atomic E-state index is 0.277. The molecule has 0 spiro atoms. The summed E-state index contributed by atoms with van der Waals surface area (Å²) in [6.45, 7) is 0.668. The first-order valence-corrected chi connectivity index (χ1v) is 4.92. The number of hydrogen-bond acceptors (Lipinski definition) is 5. The van der Waals surface area contributed by atoms with E-state index in [-0.39, 0.29) is 5.95 Å². The molecule has 1 aliphatic rings. The molecular formula is C11H9N5. The fourth-order valence-corrected chi connectivity index (χ4v) is 1.67. The van der Waals surface area contributed by atoms with Crippen molar-refractivity contribution in [2.75, 3.05) is 5.73 Å². The van der Waals surface area contributed by atoms with Crippen LogP contribution in [-0.4, -0.2) is 9.97 Å². The largest absolute Gasteiger partial charge is 0.368 e. The summed E-state index contributed by atoms with van der Waals surface area (Å²) >= 11 is 0. The van der Waals surface area contributed by atoms with Crippen molar-refractivity contribution in [3.63, 3.8) is 0 Å². The molecule has 16 heavy (non-hydrogen) atoms. The summed E-state index contributed by atoms with van der Waals surface area (Å²) in [5.41, 5.74) is 9.38. The molecule has 1 aromatic carbocycles. The molecule has 0 fully saturated rings. The van der Waals surface area contributed by atoms with Crippen LogP contribution in [0.2, 0.25) is 0 Å². The Morgan fingerprint density at radius 2 is 2.12 bits per heavy atom. The Morgan fingerprint density at radius 1 is 1.19 bits per heavy atom. The van der Waals surface area contributed by atoms with Gasteiger partial charge in [-0.15, -0.1) is 0 Å². The lowest BCUT2D eigenvalue weighted by molar-refractivity contribution is 1.04. The lowest BCUT2D eigenvalue weighted by atomic mass is 10.1. The third-order valence-corrected chi connectivity index (χ3v) is 2.47. The predicted octanol–water partition coefficient (Wildman–Crippen LogP) is 2.32. The summed E-state index contributed by atoms with van der Waals surface area (Å²) in [5.74, 6) is 0.277. The standard InChI is InChI=1S/C11H9N5/c12-11-13-4-3-9(15-11)7-1-2-8-6-14-16-10(8)5-7/h1-5H,6H2,(H2,12,13,15). The second-order valence-corrected chi connectivity index (χ2v) is 3.54. The highest BCUT2D eigenvalue weighted by Crippen LogP contribution is 2.31. The van der Waals surface area contributed by atoms with Gasteiger partial charge in [-0.25, -0.2) is 9.97 Å². The zero-order valence-corrected chi connectivity index (χ0v) is 8.46. The number of hydrogen-bond donors (Lipinski definition) is 1. The molecular weight excluding hydrogens is 202 g/mol. The Kier molecular flexibility index (Phi) is 1.89. The van der Waals surface area contributed by atoms with Gasteiger partial charge in [0.05, 0.1) is 17.9 Å². The summed E-state index contributed by atoms with van der Waals surface area (Å²) < 4.78 is 0. The van der Waals surface area contributed by atoms with E-state index in [1.807, 2.05) is 24.3 Å². The van der Waals surface area contributed by atoms with Crippen molar-refractivity contribution < 1.29 is 0 Å². The summed E-state index contributed by atoms with van der Waals surface area (Å²) in [7, 11) is 0. The molecule has 5 nitrogen and oxygen atoms in total. The maximum atomic E-state index is 5.54. The molecule has 0 bridgehead atoms. The van der Waals surface area contributed by atoms with Crippen molar-refractivity contribution in [2.24, 2.45) is 10.2 Å². The van der Waals surface area contributed by atoms with Crippen LogP contribution >= 0.6 is 0 Å².